The van der Waals surface area contributed by atoms with Gasteiger partial charge in [0.15, 0.2) is 11.7 Å². The molecule has 0 radical (unpaired) electrons. The number of carbonyl (C=O) groups excluding carboxylic acids is 1. The summed E-state index contributed by atoms with van der Waals surface area (Å²) in [5.41, 5.74) is 4.05. The Labute approximate surface area is 150 Å². The smallest absolute Gasteiger partial charge is 0.264 e. The molecule has 1 N–H and O–H groups in total. The van der Waals surface area contributed by atoms with Crippen molar-refractivity contribution in [3.05, 3.63) is 47.0 Å². The van der Waals surface area contributed by atoms with Crippen LogP contribution in [0.5, 0.6) is 11.5 Å². The van der Waals surface area contributed by atoms with Crippen LogP contribution in [0.15, 0.2) is 30.3 Å². The van der Waals surface area contributed by atoms with Crippen LogP contribution in [-0.4, -0.2) is 24.6 Å². The Hall–Kier alpha value is -2.60. The molecular formula is C19H20N2O3S. The Morgan fingerprint density at radius 1 is 1.20 bits per heavy atom. The Kier molecular flexibility index (Phi) is 4.90. The second-order valence-corrected chi connectivity index (χ2v) is 6.90. The SMILES string of the molecule is COc1cccc2sc(NC(=O)COc3cc(C)cc(C)c3C)nc12. The molecule has 0 atom stereocenters. The summed E-state index contributed by atoms with van der Waals surface area (Å²) in [6.07, 6.45) is 0. The molecule has 2 aromatic carbocycles. The first kappa shape index (κ1) is 17.2. The maximum absolute atomic E-state index is 12.2. The zero-order chi connectivity index (χ0) is 18.0. The Morgan fingerprint density at radius 2 is 2.00 bits per heavy atom. The van der Waals surface area contributed by atoms with Crippen molar-refractivity contribution in [2.75, 3.05) is 19.0 Å². The van der Waals surface area contributed by atoms with Gasteiger partial charge in [-0.2, -0.15) is 0 Å². The van der Waals surface area contributed by atoms with Gasteiger partial charge in [-0.15, -0.1) is 0 Å². The van der Waals surface area contributed by atoms with Gasteiger partial charge in [-0.05, 0) is 55.7 Å². The number of fused-ring (bicyclic) bond motifs is 1. The molecule has 1 aromatic heterocycles. The van der Waals surface area contributed by atoms with Crippen LogP contribution in [0, 0.1) is 20.8 Å². The summed E-state index contributed by atoms with van der Waals surface area (Å²) in [5, 5.41) is 3.32. The van der Waals surface area contributed by atoms with Crippen molar-refractivity contribution in [1.29, 1.82) is 0 Å². The van der Waals surface area contributed by atoms with Crippen molar-refractivity contribution in [2.45, 2.75) is 20.8 Å². The van der Waals surface area contributed by atoms with E-state index < -0.39 is 0 Å². The Morgan fingerprint density at radius 3 is 2.76 bits per heavy atom. The monoisotopic (exact) mass is 356 g/mol. The van der Waals surface area contributed by atoms with Gasteiger partial charge >= 0.3 is 0 Å². The molecule has 3 aromatic rings. The van der Waals surface area contributed by atoms with Crippen LogP contribution in [0.25, 0.3) is 10.2 Å². The Balaban J connectivity index is 1.69. The fourth-order valence-electron chi connectivity index (χ4n) is 2.59. The molecule has 3 rings (SSSR count). The number of thiazole rings is 1. The molecule has 0 bridgehead atoms. The van der Waals surface area contributed by atoms with Gasteiger partial charge in [0.25, 0.3) is 5.91 Å². The predicted molar refractivity (Wildman–Crippen MR) is 101 cm³/mol. The number of nitrogens with one attached hydrogen (secondary N) is 1. The van der Waals surface area contributed by atoms with Crippen molar-refractivity contribution in [2.24, 2.45) is 0 Å². The van der Waals surface area contributed by atoms with E-state index in [2.05, 4.69) is 16.4 Å². The molecule has 130 valence electrons. The van der Waals surface area contributed by atoms with E-state index in [1.807, 2.05) is 45.0 Å². The van der Waals surface area contributed by atoms with Crippen LogP contribution in [0.3, 0.4) is 0 Å². The number of benzene rings is 2. The summed E-state index contributed by atoms with van der Waals surface area (Å²) in [6.45, 7) is 5.97. The number of carbonyl (C=O) groups is 1. The molecule has 0 aliphatic heterocycles. The van der Waals surface area contributed by atoms with E-state index in [1.54, 1.807) is 7.11 Å². The van der Waals surface area contributed by atoms with Crippen LogP contribution < -0.4 is 14.8 Å². The van der Waals surface area contributed by atoms with Crippen LogP contribution >= 0.6 is 11.3 Å². The van der Waals surface area contributed by atoms with Crippen LogP contribution in [0.4, 0.5) is 5.13 Å². The van der Waals surface area contributed by atoms with Crippen molar-refractivity contribution >= 4 is 32.6 Å². The molecule has 1 amide bonds. The summed E-state index contributed by atoms with van der Waals surface area (Å²) in [7, 11) is 1.60. The number of anilines is 1. The number of amides is 1. The lowest BCUT2D eigenvalue weighted by molar-refractivity contribution is -0.118. The van der Waals surface area contributed by atoms with E-state index >= 15 is 0 Å². The lowest BCUT2D eigenvalue weighted by atomic mass is 10.1. The van der Waals surface area contributed by atoms with Crippen LogP contribution in [0.1, 0.15) is 16.7 Å². The van der Waals surface area contributed by atoms with Gasteiger partial charge in [-0.25, -0.2) is 4.98 Å². The predicted octanol–water partition coefficient (Wildman–Crippen LogP) is 4.25. The molecule has 0 saturated heterocycles. The summed E-state index contributed by atoms with van der Waals surface area (Å²) in [6, 6.07) is 9.73. The minimum atomic E-state index is -0.239. The first-order chi connectivity index (χ1) is 12.0. The highest BCUT2D eigenvalue weighted by Gasteiger charge is 2.12. The molecule has 0 aliphatic carbocycles. The molecule has 25 heavy (non-hydrogen) atoms. The number of hydrogen-bond donors (Lipinski definition) is 1. The van der Waals surface area contributed by atoms with Gasteiger partial charge in [-0.1, -0.05) is 23.5 Å². The quantitative estimate of drug-likeness (QED) is 0.742. The first-order valence-electron chi connectivity index (χ1n) is 7.92. The van der Waals surface area contributed by atoms with E-state index in [0.29, 0.717) is 10.9 Å². The third kappa shape index (κ3) is 3.74. The molecule has 0 saturated carbocycles. The summed E-state index contributed by atoms with van der Waals surface area (Å²) in [5.74, 6) is 1.19. The molecular weight excluding hydrogens is 336 g/mol. The van der Waals surface area contributed by atoms with Crippen LogP contribution in [-0.2, 0) is 4.79 Å². The second-order valence-electron chi connectivity index (χ2n) is 5.87. The van der Waals surface area contributed by atoms with Gasteiger partial charge in [0.1, 0.15) is 17.0 Å². The molecule has 0 unspecified atom stereocenters. The standard InChI is InChI=1S/C19H20N2O3S/c1-11-8-12(2)13(3)15(9-11)24-10-17(22)20-19-21-18-14(23-4)6-5-7-16(18)25-19/h5-9H,10H2,1-4H3,(H,20,21,22). The molecule has 0 spiro atoms. The summed E-state index contributed by atoms with van der Waals surface area (Å²) >= 11 is 1.41. The molecule has 1 heterocycles. The number of para-hydroxylation sites is 1. The van der Waals surface area contributed by atoms with Gasteiger partial charge in [0, 0.05) is 0 Å². The van der Waals surface area contributed by atoms with Crippen molar-refractivity contribution in [3.8, 4) is 11.5 Å². The third-order valence-electron chi connectivity index (χ3n) is 3.97. The number of nitrogens with zero attached hydrogens (tertiary/aromatic N) is 1. The number of methoxy groups -OCH3 is 1. The second kappa shape index (κ2) is 7.11. The highest BCUT2D eigenvalue weighted by atomic mass is 32.1. The highest BCUT2D eigenvalue weighted by molar-refractivity contribution is 7.22. The summed E-state index contributed by atoms with van der Waals surface area (Å²) < 4.78 is 11.9. The third-order valence-corrected chi connectivity index (χ3v) is 4.91. The lowest BCUT2D eigenvalue weighted by Gasteiger charge is -2.11. The van der Waals surface area contributed by atoms with Gasteiger partial charge in [-0.3, -0.25) is 10.1 Å². The molecule has 0 fully saturated rings. The summed E-state index contributed by atoms with van der Waals surface area (Å²) in [4.78, 5) is 16.6. The number of rotatable bonds is 5. The minimum absolute atomic E-state index is 0.0587. The largest absolute Gasteiger partial charge is 0.494 e. The van der Waals surface area contributed by atoms with Crippen LogP contribution in [0.2, 0.25) is 0 Å². The fourth-order valence-corrected chi connectivity index (χ4v) is 3.49. The average molecular weight is 356 g/mol. The maximum atomic E-state index is 12.2. The normalized spacial score (nSPS) is 10.7. The van der Waals surface area contributed by atoms with E-state index in [9.17, 15) is 4.79 Å². The Bertz CT molecular complexity index is 934. The molecule has 0 aliphatic rings. The zero-order valence-corrected chi connectivity index (χ0v) is 15.5. The molecule has 6 heteroatoms. The number of ether oxygens (including phenoxy) is 2. The number of aromatic nitrogens is 1. The lowest BCUT2D eigenvalue weighted by Crippen LogP contribution is -2.20. The van der Waals surface area contributed by atoms with E-state index in [4.69, 9.17) is 9.47 Å². The first-order valence-corrected chi connectivity index (χ1v) is 8.73. The van der Waals surface area contributed by atoms with E-state index in [-0.39, 0.29) is 12.5 Å². The van der Waals surface area contributed by atoms with Crippen molar-refractivity contribution in [1.82, 2.24) is 4.98 Å². The van der Waals surface area contributed by atoms with Gasteiger partial charge in [0.05, 0.1) is 11.8 Å². The fraction of sp³-hybridized carbons (Fsp3) is 0.263. The van der Waals surface area contributed by atoms with Crippen molar-refractivity contribution < 1.29 is 14.3 Å². The van der Waals surface area contributed by atoms with Crippen molar-refractivity contribution in [3.63, 3.8) is 0 Å². The van der Waals surface area contributed by atoms with E-state index in [1.165, 1.54) is 11.3 Å². The highest BCUT2D eigenvalue weighted by Crippen LogP contribution is 2.32. The topological polar surface area (TPSA) is 60.5 Å². The van der Waals surface area contributed by atoms with Gasteiger partial charge in [0.2, 0.25) is 0 Å². The van der Waals surface area contributed by atoms with E-state index in [0.717, 1.165) is 32.7 Å². The minimum Gasteiger partial charge on any atom is -0.494 e. The van der Waals surface area contributed by atoms with Gasteiger partial charge < -0.3 is 9.47 Å². The molecule has 5 nitrogen and oxygen atoms in total. The maximum Gasteiger partial charge on any atom is 0.264 e. The zero-order valence-electron chi connectivity index (χ0n) is 14.7. The number of aryl methyl sites for hydroxylation is 2. The number of hydrogen-bond acceptors (Lipinski definition) is 5. The average Bonchev–Trinajstić information content (AvgIpc) is 2.98.